The van der Waals surface area contributed by atoms with E-state index in [-0.39, 0.29) is 17.6 Å². The highest BCUT2D eigenvalue weighted by atomic mass is 32.2. The molecule has 2 aliphatic rings. The summed E-state index contributed by atoms with van der Waals surface area (Å²) in [5.41, 5.74) is 1.53. The lowest BCUT2D eigenvalue weighted by atomic mass is 9.92. The Bertz CT molecular complexity index is 907. The van der Waals surface area contributed by atoms with Crippen molar-refractivity contribution in [3.05, 3.63) is 59.7 Å². The SMILES string of the molecule is O=C(N[C@H]1CS(=O)(=O)c2ccccc21)[C@H]1CCOc2ccccc21. The summed E-state index contributed by atoms with van der Waals surface area (Å²) in [7, 11) is -3.33. The number of nitrogens with one attached hydrogen (secondary N) is 1. The van der Waals surface area contributed by atoms with Gasteiger partial charge in [0.05, 0.1) is 29.2 Å². The van der Waals surface area contributed by atoms with Crippen LogP contribution >= 0.6 is 0 Å². The molecular formula is C18H17NO4S. The van der Waals surface area contributed by atoms with E-state index in [9.17, 15) is 13.2 Å². The molecule has 0 fully saturated rings. The van der Waals surface area contributed by atoms with Crippen LogP contribution in [-0.2, 0) is 14.6 Å². The maximum absolute atomic E-state index is 12.8. The maximum Gasteiger partial charge on any atom is 0.228 e. The Labute approximate surface area is 140 Å². The number of carbonyl (C=O) groups excluding carboxylic acids is 1. The lowest BCUT2D eigenvalue weighted by molar-refractivity contribution is -0.123. The molecule has 0 bridgehead atoms. The third-order valence-corrected chi connectivity index (χ3v) is 6.42. The van der Waals surface area contributed by atoms with Crippen LogP contribution in [0.4, 0.5) is 0 Å². The summed E-state index contributed by atoms with van der Waals surface area (Å²) in [6.07, 6.45) is 0.587. The van der Waals surface area contributed by atoms with Crippen molar-refractivity contribution in [3.63, 3.8) is 0 Å². The predicted molar refractivity (Wildman–Crippen MR) is 88.7 cm³/mol. The summed E-state index contributed by atoms with van der Waals surface area (Å²) in [5, 5.41) is 2.93. The second-order valence-corrected chi connectivity index (χ2v) is 8.11. The average molecular weight is 343 g/mol. The quantitative estimate of drug-likeness (QED) is 0.907. The second-order valence-electron chi connectivity index (χ2n) is 6.11. The molecule has 0 aromatic heterocycles. The molecule has 0 aliphatic carbocycles. The van der Waals surface area contributed by atoms with E-state index in [2.05, 4.69) is 5.32 Å². The number of sulfone groups is 1. The van der Waals surface area contributed by atoms with Gasteiger partial charge >= 0.3 is 0 Å². The molecule has 1 amide bonds. The van der Waals surface area contributed by atoms with Gasteiger partial charge in [-0.05, 0) is 24.1 Å². The molecule has 0 unspecified atom stereocenters. The number of ether oxygens (including phenoxy) is 1. The molecule has 24 heavy (non-hydrogen) atoms. The fourth-order valence-electron chi connectivity index (χ4n) is 3.46. The normalized spacial score (nSPS) is 23.7. The molecule has 1 N–H and O–H groups in total. The van der Waals surface area contributed by atoms with Crippen LogP contribution in [0, 0.1) is 0 Å². The zero-order valence-corrected chi connectivity index (χ0v) is 13.8. The topological polar surface area (TPSA) is 72.5 Å². The third-order valence-electron chi connectivity index (χ3n) is 4.61. The maximum atomic E-state index is 12.8. The van der Waals surface area contributed by atoms with Crippen LogP contribution < -0.4 is 10.1 Å². The van der Waals surface area contributed by atoms with E-state index in [1.54, 1.807) is 24.3 Å². The second kappa shape index (κ2) is 5.63. The van der Waals surface area contributed by atoms with E-state index in [0.29, 0.717) is 23.5 Å². The summed E-state index contributed by atoms with van der Waals surface area (Å²) < 4.78 is 30.1. The summed E-state index contributed by atoms with van der Waals surface area (Å²) in [4.78, 5) is 13.1. The number of hydrogen-bond donors (Lipinski definition) is 1. The largest absolute Gasteiger partial charge is 0.493 e. The van der Waals surface area contributed by atoms with Gasteiger partial charge in [0.1, 0.15) is 5.75 Å². The first kappa shape index (κ1) is 15.2. The smallest absolute Gasteiger partial charge is 0.228 e. The lowest BCUT2D eigenvalue weighted by Crippen LogP contribution is -2.35. The Morgan fingerprint density at radius 1 is 1.04 bits per heavy atom. The van der Waals surface area contributed by atoms with Gasteiger partial charge in [0, 0.05) is 5.56 Å². The van der Waals surface area contributed by atoms with Crippen LogP contribution in [-0.4, -0.2) is 26.7 Å². The molecule has 2 aromatic carbocycles. The Balaban J connectivity index is 1.61. The van der Waals surface area contributed by atoms with Gasteiger partial charge in [-0.1, -0.05) is 36.4 Å². The van der Waals surface area contributed by atoms with Crippen LogP contribution in [0.15, 0.2) is 53.4 Å². The van der Waals surface area contributed by atoms with Crippen LogP contribution in [0.25, 0.3) is 0 Å². The number of para-hydroxylation sites is 1. The molecule has 124 valence electrons. The standard InChI is InChI=1S/C18H17NO4S/c20-18(13-9-10-23-16-7-3-1-5-12(13)16)19-15-11-24(21,22)17-8-4-2-6-14(15)17/h1-8,13,15H,9-11H2,(H,19,20)/t13-,15-/m0/s1. The number of carbonyl (C=O) groups is 1. The Morgan fingerprint density at radius 2 is 1.75 bits per heavy atom. The van der Waals surface area contributed by atoms with Gasteiger partial charge < -0.3 is 10.1 Å². The highest BCUT2D eigenvalue weighted by Crippen LogP contribution is 2.36. The van der Waals surface area contributed by atoms with E-state index in [4.69, 9.17) is 4.74 Å². The van der Waals surface area contributed by atoms with Gasteiger partial charge in [-0.3, -0.25) is 4.79 Å². The monoisotopic (exact) mass is 343 g/mol. The molecule has 2 atom stereocenters. The van der Waals surface area contributed by atoms with Gasteiger partial charge in [0.2, 0.25) is 5.91 Å². The Hall–Kier alpha value is -2.34. The number of rotatable bonds is 2. The third kappa shape index (κ3) is 2.47. The molecule has 2 aromatic rings. The summed E-state index contributed by atoms with van der Waals surface area (Å²) in [5.74, 6) is 0.180. The van der Waals surface area contributed by atoms with Crippen molar-refractivity contribution in [1.82, 2.24) is 5.32 Å². The van der Waals surface area contributed by atoms with E-state index in [0.717, 1.165) is 11.3 Å². The minimum Gasteiger partial charge on any atom is -0.493 e. The fourth-order valence-corrected chi connectivity index (χ4v) is 5.19. The van der Waals surface area contributed by atoms with Crippen molar-refractivity contribution in [2.75, 3.05) is 12.4 Å². The van der Waals surface area contributed by atoms with Gasteiger partial charge in [0.15, 0.2) is 9.84 Å². The van der Waals surface area contributed by atoms with Crippen molar-refractivity contribution in [2.24, 2.45) is 0 Å². The molecule has 2 aliphatic heterocycles. The first-order chi connectivity index (χ1) is 11.6. The van der Waals surface area contributed by atoms with Gasteiger partial charge in [-0.15, -0.1) is 0 Å². The number of hydrogen-bond acceptors (Lipinski definition) is 4. The highest BCUT2D eigenvalue weighted by Gasteiger charge is 2.37. The first-order valence-corrected chi connectivity index (χ1v) is 9.55. The van der Waals surface area contributed by atoms with Crippen LogP contribution in [0.2, 0.25) is 0 Å². The van der Waals surface area contributed by atoms with E-state index >= 15 is 0 Å². The van der Waals surface area contributed by atoms with Crippen molar-refractivity contribution in [2.45, 2.75) is 23.3 Å². The molecular weight excluding hydrogens is 326 g/mol. The fraction of sp³-hybridized carbons (Fsp3) is 0.278. The first-order valence-electron chi connectivity index (χ1n) is 7.90. The number of amides is 1. The van der Waals surface area contributed by atoms with E-state index < -0.39 is 15.9 Å². The molecule has 0 saturated heterocycles. The zero-order chi connectivity index (χ0) is 16.7. The molecule has 4 rings (SSSR count). The minimum absolute atomic E-state index is 0.0804. The summed E-state index contributed by atoms with van der Waals surface area (Å²) >= 11 is 0. The van der Waals surface area contributed by atoms with Crippen molar-refractivity contribution < 1.29 is 17.9 Å². The molecule has 0 spiro atoms. The Morgan fingerprint density at radius 3 is 2.58 bits per heavy atom. The molecule has 0 radical (unpaired) electrons. The van der Waals surface area contributed by atoms with Crippen molar-refractivity contribution >= 4 is 15.7 Å². The van der Waals surface area contributed by atoms with Gasteiger partial charge in [0.25, 0.3) is 0 Å². The Kier molecular flexibility index (Phi) is 3.57. The summed E-state index contributed by atoms with van der Waals surface area (Å²) in [6, 6.07) is 13.9. The average Bonchev–Trinajstić information content (AvgIpc) is 2.85. The zero-order valence-electron chi connectivity index (χ0n) is 12.9. The molecule has 0 saturated carbocycles. The summed E-state index contributed by atoms with van der Waals surface area (Å²) in [6.45, 7) is 0.481. The predicted octanol–water partition coefficient (Wildman–Crippen LogP) is 2.20. The van der Waals surface area contributed by atoms with Gasteiger partial charge in [-0.2, -0.15) is 0 Å². The van der Waals surface area contributed by atoms with Crippen molar-refractivity contribution in [1.29, 1.82) is 0 Å². The van der Waals surface area contributed by atoms with E-state index in [1.807, 2.05) is 24.3 Å². The molecule has 2 heterocycles. The molecule has 5 nitrogen and oxygen atoms in total. The number of benzene rings is 2. The van der Waals surface area contributed by atoms with Gasteiger partial charge in [-0.25, -0.2) is 8.42 Å². The van der Waals surface area contributed by atoms with E-state index in [1.165, 1.54) is 0 Å². The van der Waals surface area contributed by atoms with Crippen LogP contribution in [0.5, 0.6) is 5.75 Å². The molecule has 6 heteroatoms. The van der Waals surface area contributed by atoms with Crippen LogP contribution in [0.3, 0.4) is 0 Å². The highest BCUT2D eigenvalue weighted by molar-refractivity contribution is 7.91. The minimum atomic E-state index is -3.33. The van der Waals surface area contributed by atoms with Crippen LogP contribution in [0.1, 0.15) is 29.5 Å². The van der Waals surface area contributed by atoms with Crippen molar-refractivity contribution in [3.8, 4) is 5.75 Å². The number of fused-ring (bicyclic) bond motifs is 2. The lowest BCUT2D eigenvalue weighted by Gasteiger charge is -2.26.